The number of aromatic nitrogens is 2. The lowest BCUT2D eigenvalue weighted by atomic mass is 9.99. The molecule has 12 heteroatoms. The van der Waals surface area contributed by atoms with E-state index in [9.17, 15) is 22.4 Å². The van der Waals surface area contributed by atoms with Gasteiger partial charge in [-0.15, -0.1) is 0 Å². The number of benzene rings is 3. The zero-order valence-corrected chi connectivity index (χ0v) is 21.3. The standard InChI is InChI=1S/C27H22ClF5N4O2/c1-15-12-21-23(22(17-4-2-3-5-19(17)29)24(15)39-25(38)27(31,32)33)35-26(36-10-8-34-9-11-36)37(21)14-16-6-7-20(30)18(28)13-16/h2-7,12-13,34H,8-11,14H2,1H3. The Morgan fingerprint density at radius 1 is 1.08 bits per heavy atom. The fourth-order valence-corrected chi connectivity index (χ4v) is 4.84. The molecule has 39 heavy (non-hydrogen) atoms. The summed E-state index contributed by atoms with van der Waals surface area (Å²) in [5.74, 6) is -3.69. The highest BCUT2D eigenvalue weighted by Crippen LogP contribution is 2.43. The molecule has 0 amide bonds. The smallest absolute Gasteiger partial charge is 0.419 e. The molecule has 0 atom stereocenters. The van der Waals surface area contributed by atoms with Crippen LogP contribution in [0.5, 0.6) is 5.75 Å². The number of carbonyl (C=O) groups excluding carboxylic acids is 1. The van der Waals surface area contributed by atoms with Crippen LogP contribution in [0.4, 0.5) is 27.9 Å². The molecule has 0 radical (unpaired) electrons. The molecule has 1 aromatic heterocycles. The van der Waals surface area contributed by atoms with Crippen molar-refractivity contribution in [1.29, 1.82) is 0 Å². The van der Waals surface area contributed by atoms with E-state index < -0.39 is 29.5 Å². The first-order valence-electron chi connectivity index (χ1n) is 12.0. The zero-order valence-electron chi connectivity index (χ0n) is 20.6. The van der Waals surface area contributed by atoms with E-state index >= 15 is 4.39 Å². The molecular weight excluding hydrogens is 543 g/mol. The van der Waals surface area contributed by atoms with Gasteiger partial charge in [-0.25, -0.2) is 18.6 Å². The second-order valence-corrected chi connectivity index (χ2v) is 9.52. The Kier molecular flexibility index (Phi) is 7.21. The predicted octanol–water partition coefficient (Wildman–Crippen LogP) is 5.87. The molecule has 6 nitrogen and oxygen atoms in total. The first-order chi connectivity index (χ1) is 18.5. The number of esters is 1. The molecule has 1 N–H and O–H groups in total. The number of piperazine rings is 1. The lowest BCUT2D eigenvalue weighted by Crippen LogP contribution is -2.44. The number of hydrogen-bond acceptors (Lipinski definition) is 5. The Balaban J connectivity index is 1.79. The van der Waals surface area contributed by atoms with Crippen LogP contribution in [-0.4, -0.2) is 47.9 Å². The number of hydrogen-bond donors (Lipinski definition) is 1. The lowest BCUT2D eigenvalue weighted by molar-refractivity contribution is -0.189. The van der Waals surface area contributed by atoms with Gasteiger partial charge in [0.25, 0.3) is 0 Å². The summed E-state index contributed by atoms with van der Waals surface area (Å²) in [6.07, 6.45) is -5.26. The van der Waals surface area contributed by atoms with E-state index in [-0.39, 0.29) is 33.8 Å². The van der Waals surface area contributed by atoms with Crippen LogP contribution < -0.4 is 15.0 Å². The van der Waals surface area contributed by atoms with E-state index in [0.29, 0.717) is 43.2 Å². The minimum Gasteiger partial charge on any atom is -0.419 e. The van der Waals surface area contributed by atoms with Crippen LogP contribution in [-0.2, 0) is 11.3 Å². The van der Waals surface area contributed by atoms with Crippen LogP contribution in [0.25, 0.3) is 22.2 Å². The topological polar surface area (TPSA) is 59.4 Å². The van der Waals surface area contributed by atoms with Gasteiger partial charge in [0.15, 0.2) is 0 Å². The molecule has 0 saturated carbocycles. The molecule has 1 saturated heterocycles. The third kappa shape index (κ3) is 5.28. The van der Waals surface area contributed by atoms with Gasteiger partial charge >= 0.3 is 12.1 Å². The number of aryl methyl sites for hydroxylation is 1. The Morgan fingerprint density at radius 3 is 2.46 bits per heavy atom. The minimum absolute atomic E-state index is 0.0646. The largest absolute Gasteiger partial charge is 0.491 e. The average molecular weight is 565 g/mol. The number of imidazole rings is 1. The van der Waals surface area contributed by atoms with Crippen molar-refractivity contribution in [3.8, 4) is 16.9 Å². The van der Waals surface area contributed by atoms with Gasteiger partial charge in [-0.1, -0.05) is 35.9 Å². The maximum atomic E-state index is 15.1. The number of nitrogens with zero attached hydrogens (tertiary/aromatic N) is 3. The average Bonchev–Trinajstić information content (AvgIpc) is 3.24. The minimum atomic E-state index is -5.26. The van der Waals surface area contributed by atoms with Crippen molar-refractivity contribution in [2.24, 2.45) is 0 Å². The Bertz CT molecular complexity index is 1560. The van der Waals surface area contributed by atoms with E-state index in [2.05, 4.69) is 5.32 Å². The number of rotatable bonds is 5. The molecular formula is C27H22ClF5N4O2. The Morgan fingerprint density at radius 2 is 1.79 bits per heavy atom. The SMILES string of the molecule is Cc1cc2c(nc(N3CCNCC3)n2Cc2ccc(F)c(Cl)c2)c(-c2ccccc2F)c1OC(=O)C(F)(F)F. The Hall–Kier alpha value is -3.70. The van der Waals surface area contributed by atoms with Crippen molar-refractivity contribution in [2.75, 3.05) is 31.1 Å². The molecule has 5 rings (SSSR count). The molecule has 1 fully saturated rings. The summed E-state index contributed by atoms with van der Waals surface area (Å²) in [5.41, 5.74) is 1.28. The number of carbonyl (C=O) groups is 1. The van der Waals surface area contributed by atoms with Crippen LogP contribution >= 0.6 is 11.6 Å². The van der Waals surface area contributed by atoms with Gasteiger partial charge in [0, 0.05) is 31.7 Å². The van der Waals surface area contributed by atoms with Crippen molar-refractivity contribution in [1.82, 2.24) is 14.9 Å². The van der Waals surface area contributed by atoms with Crippen molar-refractivity contribution in [3.05, 3.63) is 76.3 Å². The van der Waals surface area contributed by atoms with Gasteiger partial charge in [0.05, 0.1) is 22.6 Å². The van der Waals surface area contributed by atoms with Gasteiger partial charge in [0.2, 0.25) is 5.95 Å². The van der Waals surface area contributed by atoms with Crippen molar-refractivity contribution in [3.63, 3.8) is 0 Å². The normalized spacial score (nSPS) is 14.2. The van der Waals surface area contributed by atoms with E-state index in [1.54, 1.807) is 12.1 Å². The van der Waals surface area contributed by atoms with Crippen LogP contribution in [0.2, 0.25) is 5.02 Å². The molecule has 204 valence electrons. The van der Waals surface area contributed by atoms with Crippen molar-refractivity contribution >= 4 is 34.6 Å². The number of ether oxygens (including phenoxy) is 1. The van der Waals surface area contributed by atoms with Crippen LogP contribution in [0.3, 0.4) is 0 Å². The fourth-order valence-electron chi connectivity index (χ4n) is 4.64. The van der Waals surface area contributed by atoms with Gasteiger partial charge in [-0.3, -0.25) is 0 Å². The summed E-state index contributed by atoms with van der Waals surface area (Å²) in [6.45, 7) is 4.15. The molecule has 0 aliphatic carbocycles. The number of alkyl halides is 3. The van der Waals surface area contributed by atoms with E-state index in [4.69, 9.17) is 21.3 Å². The van der Waals surface area contributed by atoms with Gasteiger partial charge in [-0.2, -0.15) is 13.2 Å². The van der Waals surface area contributed by atoms with E-state index in [1.807, 2.05) is 9.47 Å². The summed E-state index contributed by atoms with van der Waals surface area (Å²) >= 11 is 6.01. The highest BCUT2D eigenvalue weighted by atomic mass is 35.5. The molecule has 0 bridgehead atoms. The molecule has 4 aromatic rings. The zero-order chi connectivity index (χ0) is 27.9. The molecule has 1 aliphatic rings. The van der Waals surface area contributed by atoms with Crippen molar-refractivity contribution in [2.45, 2.75) is 19.6 Å². The first kappa shape index (κ1) is 26.9. The van der Waals surface area contributed by atoms with Crippen molar-refractivity contribution < 1.29 is 31.5 Å². The van der Waals surface area contributed by atoms with Crippen LogP contribution in [0.1, 0.15) is 11.1 Å². The summed E-state index contributed by atoms with van der Waals surface area (Å²) in [7, 11) is 0. The summed E-state index contributed by atoms with van der Waals surface area (Å²) in [5, 5.41) is 3.18. The van der Waals surface area contributed by atoms with E-state index in [1.165, 1.54) is 37.3 Å². The second kappa shape index (κ2) is 10.5. The highest BCUT2D eigenvalue weighted by molar-refractivity contribution is 6.30. The summed E-state index contributed by atoms with van der Waals surface area (Å²) in [6, 6.07) is 11.3. The fraction of sp³-hybridized carbons (Fsp3) is 0.259. The second-order valence-electron chi connectivity index (χ2n) is 9.12. The van der Waals surface area contributed by atoms with Crippen LogP contribution in [0, 0.1) is 18.6 Å². The number of anilines is 1. The Labute approximate surface area is 224 Å². The summed E-state index contributed by atoms with van der Waals surface area (Å²) in [4.78, 5) is 18.7. The number of nitrogens with one attached hydrogen (secondary N) is 1. The van der Waals surface area contributed by atoms with Crippen LogP contribution in [0.15, 0.2) is 48.5 Å². The molecule has 2 heterocycles. The maximum Gasteiger partial charge on any atom is 0.491 e. The van der Waals surface area contributed by atoms with Gasteiger partial charge in [-0.05, 0) is 42.3 Å². The van der Waals surface area contributed by atoms with Gasteiger partial charge in [0.1, 0.15) is 22.9 Å². The summed E-state index contributed by atoms with van der Waals surface area (Å²) < 4.78 is 75.2. The number of halogens is 6. The third-order valence-electron chi connectivity index (χ3n) is 6.46. The van der Waals surface area contributed by atoms with E-state index in [0.717, 1.165) is 6.07 Å². The third-order valence-corrected chi connectivity index (χ3v) is 6.75. The highest BCUT2D eigenvalue weighted by Gasteiger charge is 2.42. The lowest BCUT2D eigenvalue weighted by Gasteiger charge is -2.29. The number of fused-ring (bicyclic) bond motifs is 1. The molecule has 0 unspecified atom stereocenters. The maximum absolute atomic E-state index is 15.1. The predicted molar refractivity (Wildman–Crippen MR) is 137 cm³/mol. The van der Waals surface area contributed by atoms with Gasteiger partial charge < -0.3 is 19.5 Å². The molecule has 3 aromatic carbocycles. The monoisotopic (exact) mass is 564 g/mol. The first-order valence-corrected chi connectivity index (χ1v) is 12.4. The molecule has 1 aliphatic heterocycles. The molecule has 0 spiro atoms. The quantitative estimate of drug-likeness (QED) is 0.187.